The second-order valence-corrected chi connectivity index (χ2v) is 13.0. The standard InChI is InChI=1S/C28H42O8/c1-26-9-5-16(36-25-23(31)22(30)21(29)14-35-25)13-15(26)3-4-20-19(26)6-10-27(2)18(7-11-28(20,27)33)17-8-12-34-24(17)32/h8,15-16,18-23,25,29-31,33H,3-7,9-14H2,1-2H3/t15?,16?,18?,19?,20?,21?,22-,23?,25?,26?,27?,28?/m1/s1. The summed E-state index contributed by atoms with van der Waals surface area (Å²) in [5.74, 6) is 1.01. The zero-order valence-corrected chi connectivity index (χ0v) is 21.5. The maximum absolute atomic E-state index is 12.4. The molecule has 4 N–H and O–H groups in total. The maximum atomic E-state index is 12.4. The van der Waals surface area contributed by atoms with Gasteiger partial charge in [0, 0.05) is 11.0 Å². The minimum Gasteiger partial charge on any atom is -0.458 e. The molecule has 202 valence electrons. The van der Waals surface area contributed by atoms with Gasteiger partial charge in [-0.1, -0.05) is 13.8 Å². The van der Waals surface area contributed by atoms with Crippen LogP contribution in [0.4, 0.5) is 0 Å². The van der Waals surface area contributed by atoms with Crippen LogP contribution >= 0.6 is 0 Å². The highest BCUT2D eigenvalue weighted by atomic mass is 16.7. The number of aliphatic hydroxyl groups excluding tert-OH is 3. The molecule has 8 heteroatoms. The molecule has 6 aliphatic rings. The summed E-state index contributed by atoms with van der Waals surface area (Å²) < 4.78 is 16.9. The van der Waals surface area contributed by atoms with Crippen LogP contribution in [0.1, 0.15) is 71.6 Å². The van der Waals surface area contributed by atoms with Crippen molar-refractivity contribution in [3.63, 3.8) is 0 Å². The third-order valence-corrected chi connectivity index (χ3v) is 11.7. The van der Waals surface area contributed by atoms with E-state index < -0.39 is 30.2 Å². The van der Waals surface area contributed by atoms with Gasteiger partial charge in [-0.05, 0) is 93.0 Å². The van der Waals surface area contributed by atoms with Gasteiger partial charge in [-0.25, -0.2) is 4.79 Å². The van der Waals surface area contributed by atoms with Crippen LogP contribution < -0.4 is 0 Å². The fourth-order valence-corrected chi connectivity index (χ4v) is 9.55. The molecule has 4 aliphatic carbocycles. The number of ether oxygens (including phenoxy) is 3. The molecule has 4 saturated carbocycles. The lowest BCUT2D eigenvalue weighted by atomic mass is 9.43. The molecular formula is C28H42O8. The number of aliphatic hydroxyl groups is 4. The highest BCUT2D eigenvalue weighted by Crippen LogP contribution is 2.70. The monoisotopic (exact) mass is 506 g/mol. The second kappa shape index (κ2) is 8.75. The van der Waals surface area contributed by atoms with Crippen molar-refractivity contribution in [1.82, 2.24) is 0 Å². The molecule has 0 radical (unpaired) electrons. The van der Waals surface area contributed by atoms with Crippen molar-refractivity contribution in [3.8, 4) is 0 Å². The number of esters is 1. The predicted octanol–water partition coefficient (Wildman–Crippen LogP) is 2.07. The largest absolute Gasteiger partial charge is 0.458 e. The molecule has 36 heavy (non-hydrogen) atoms. The van der Waals surface area contributed by atoms with E-state index in [1.54, 1.807) is 0 Å². The van der Waals surface area contributed by atoms with E-state index in [9.17, 15) is 25.2 Å². The molecule has 0 aromatic rings. The van der Waals surface area contributed by atoms with Crippen LogP contribution in [-0.4, -0.2) is 75.9 Å². The smallest absolute Gasteiger partial charge is 0.334 e. The Labute approximate surface area is 213 Å². The molecule has 0 spiro atoms. The van der Waals surface area contributed by atoms with Crippen LogP contribution in [0.25, 0.3) is 0 Å². The molecule has 12 atom stereocenters. The Morgan fingerprint density at radius 3 is 2.53 bits per heavy atom. The van der Waals surface area contributed by atoms with Gasteiger partial charge < -0.3 is 34.6 Å². The Morgan fingerprint density at radius 1 is 0.972 bits per heavy atom. The van der Waals surface area contributed by atoms with Crippen LogP contribution in [0, 0.1) is 34.5 Å². The van der Waals surface area contributed by atoms with E-state index in [1.807, 2.05) is 6.08 Å². The van der Waals surface area contributed by atoms with Gasteiger partial charge in [-0.3, -0.25) is 0 Å². The molecule has 5 fully saturated rings. The van der Waals surface area contributed by atoms with Crippen LogP contribution in [-0.2, 0) is 19.0 Å². The lowest BCUT2D eigenvalue weighted by Crippen LogP contribution is -2.62. The number of rotatable bonds is 3. The Balaban J connectivity index is 1.17. The van der Waals surface area contributed by atoms with E-state index in [0.717, 1.165) is 63.4 Å². The first kappa shape index (κ1) is 25.3. The van der Waals surface area contributed by atoms with Crippen molar-refractivity contribution in [2.75, 3.05) is 13.2 Å². The first-order chi connectivity index (χ1) is 17.1. The quantitative estimate of drug-likeness (QED) is 0.339. The lowest BCUT2D eigenvalue weighted by molar-refractivity contribution is -0.290. The maximum Gasteiger partial charge on any atom is 0.334 e. The van der Waals surface area contributed by atoms with Gasteiger partial charge in [0.25, 0.3) is 0 Å². The van der Waals surface area contributed by atoms with Crippen LogP contribution in [0.2, 0.25) is 0 Å². The van der Waals surface area contributed by atoms with Crippen molar-refractivity contribution in [3.05, 3.63) is 11.6 Å². The summed E-state index contributed by atoms with van der Waals surface area (Å²) in [6, 6.07) is 0. The van der Waals surface area contributed by atoms with Gasteiger partial charge in [0.1, 0.15) is 24.9 Å². The fourth-order valence-electron chi connectivity index (χ4n) is 9.55. The Morgan fingerprint density at radius 2 is 1.78 bits per heavy atom. The van der Waals surface area contributed by atoms with Crippen molar-refractivity contribution < 1.29 is 39.4 Å². The number of carbonyl (C=O) groups excluding carboxylic acids is 1. The molecule has 11 unspecified atom stereocenters. The van der Waals surface area contributed by atoms with Gasteiger partial charge in [0.2, 0.25) is 0 Å². The Bertz CT molecular complexity index is 921. The number of hydrogen-bond donors (Lipinski definition) is 4. The van der Waals surface area contributed by atoms with Crippen LogP contribution in [0.15, 0.2) is 11.6 Å². The third-order valence-electron chi connectivity index (χ3n) is 11.7. The van der Waals surface area contributed by atoms with E-state index in [1.165, 1.54) is 0 Å². The minimum absolute atomic E-state index is 0.0481. The molecule has 0 aromatic carbocycles. The number of hydrogen-bond acceptors (Lipinski definition) is 8. The first-order valence-electron chi connectivity index (χ1n) is 14.0. The van der Waals surface area contributed by atoms with E-state index >= 15 is 0 Å². The molecule has 2 aliphatic heterocycles. The van der Waals surface area contributed by atoms with Crippen LogP contribution in [0.5, 0.6) is 0 Å². The summed E-state index contributed by atoms with van der Waals surface area (Å²) in [5.41, 5.74) is -0.158. The summed E-state index contributed by atoms with van der Waals surface area (Å²) in [6.07, 6.45) is 5.63. The Kier molecular flexibility index (Phi) is 6.14. The summed E-state index contributed by atoms with van der Waals surface area (Å²) in [4.78, 5) is 12.4. The molecule has 6 rings (SSSR count). The van der Waals surface area contributed by atoms with E-state index in [0.29, 0.717) is 18.4 Å². The predicted molar refractivity (Wildman–Crippen MR) is 128 cm³/mol. The van der Waals surface area contributed by atoms with E-state index in [2.05, 4.69) is 13.8 Å². The number of carbonyl (C=O) groups is 1. The van der Waals surface area contributed by atoms with Gasteiger partial charge in [-0.15, -0.1) is 0 Å². The van der Waals surface area contributed by atoms with E-state index in [4.69, 9.17) is 14.2 Å². The SMILES string of the molecule is CC12CCC(OC3OCC(O)[C@@H](O)C3O)CC1CCC1C2CCC2(C)C(C3=CCOC3=O)CCC12O. The minimum atomic E-state index is -1.26. The van der Waals surface area contributed by atoms with E-state index in [-0.39, 0.29) is 41.3 Å². The normalized spacial score (nSPS) is 54.8. The van der Waals surface area contributed by atoms with Crippen molar-refractivity contribution >= 4 is 5.97 Å². The zero-order valence-electron chi connectivity index (χ0n) is 21.5. The Hall–Kier alpha value is -1.03. The molecular weight excluding hydrogens is 464 g/mol. The van der Waals surface area contributed by atoms with Gasteiger partial charge >= 0.3 is 5.97 Å². The van der Waals surface area contributed by atoms with Gasteiger partial charge in [0.05, 0.1) is 18.3 Å². The molecule has 2 heterocycles. The fraction of sp³-hybridized carbons (Fsp3) is 0.893. The summed E-state index contributed by atoms with van der Waals surface area (Å²) in [6.45, 7) is 4.93. The average Bonchev–Trinajstić information content (AvgIpc) is 3.39. The third kappa shape index (κ3) is 3.51. The lowest BCUT2D eigenvalue weighted by Gasteiger charge is -2.63. The highest BCUT2D eigenvalue weighted by molar-refractivity contribution is 5.91. The number of cyclic esters (lactones) is 1. The van der Waals surface area contributed by atoms with Crippen LogP contribution in [0.3, 0.4) is 0 Å². The summed E-state index contributed by atoms with van der Waals surface area (Å²) in [5, 5.41) is 42.4. The average molecular weight is 507 g/mol. The van der Waals surface area contributed by atoms with Crippen molar-refractivity contribution in [2.24, 2.45) is 34.5 Å². The van der Waals surface area contributed by atoms with Gasteiger partial charge in [-0.2, -0.15) is 0 Å². The topological polar surface area (TPSA) is 126 Å². The summed E-state index contributed by atoms with van der Waals surface area (Å²) in [7, 11) is 0. The molecule has 0 aromatic heterocycles. The molecule has 0 bridgehead atoms. The van der Waals surface area contributed by atoms with Gasteiger partial charge in [0.15, 0.2) is 6.29 Å². The molecule has 0 amide bonds. The summed E-state index contributed by atoms with van der Waals surface area (Å²) >= 11 is 0. The van der Waals surface area contributed by atoms with Crippen molar-refractivity contribution in [1.29, 1.82) is 0 Å². The molecule has 1 saturated heterocycles. The number of fused-ring (bicyclic) bond motifs is 5. The highest BCUT2D eigenvalue weighted by Gasteiger charge is 2.68. The second-order valence-electron chi connectivity index (χ2n) is 13.0. The zero-order chi connectivity index (χ0) is 25.5. The van der Waals surface area contributed by atoms with Crippen molar-refractivity contribution in [2.45, 2.75) is 108 Å². The molecule has 8 nitrogen and oxygen atoms in total. The first-order valence-corrected chi connectivity index (χ1v) is 14.0.